The first-order valence-electron chi connectivity index (χ1n) is 36.0. The van der Waals surface area contributed by atoms with Crippen LogP contribution >= 0.6 is 15.6 Å². The zero-order valence-corrected chi connectivity index (χ0v) is 58.8. The molecule has 0 bridgehead atoms. The Bertz CT molecular complexity index is 1720. The van der Waals surface area contributed by atoms with Crippen LogP contribution in [0.4, 0.5) is 0 Å². The van der Waals surface area contributed by atoms with Crippen molar-refractivity contribution in [2.24, 2.45) is 11.8 Å². The Balaban J connectivity index is 5.22. The fraction of sp³-hybridized carbons (Fsp3) is 0.942. The number of phosphoric ester groups is 2. The lowest BCUT2D eigenvalue weighted by Gasteiger charge is -2.21. The van der Waals surface area contributed by atoms with Crippen LogP contribution in [0.5, 0.6) is 0 Å². The first kappa shape index (κ1) is 86.1. The molecule has 522 valence electrons. The third kappa shape index (κ3) is 62.8. The molecule has 0 fully saturated rings. The van der Waals surface area contributed by atoms with Crippen molar-refractivity contribution in [2.75, 3.05) is 39.6 Å². The molecule has 0 amide bonds. The summed E-state index contributed by atoms with van der Waals surface area (Å²) in [5.41, 5.74) is 0. The Morgan fingerprint density at radius 2 is 0.523 bits per heavy atom. The van der Waals surface area contributed by atoms with Crippen LogP contribution in [-0.2, 0) is 65.4 Å². The number of ether oxygens (including phenoxy) is 4. The molecule has 0 aliphatic heterocycles. The second-order valence-corrected chi connectivity index (χ2v) is 28.8. The van der Waals surface area contributed by atoms with E-state index in [1.807, 2.05) is 0 Å². The van der Waals surface area contributed by atoms with Crippen molar-refractivity contribution in [3.63, 3.8) is 0 Å². The van der Waals surface area contributed by atoms with Gasteiger partial charge >= 0.3 is 39.5 Å². The number of phosphoric acid groups is 2. The highest BCUT2D eigenvalue weighted by molar-refractivity contribution is 7.47. The molecular weight excluding hydrogens is 1160 g/mol. The number of hydrogen-bond acceptors (Lipinski definition) is 15. The number of rotatable bonds is 68. The lowest BCUT2D eigenvalue weighted by molar-refractivity contribution is -0.161. The van der Waals surface area contributed by atoms with Gasteiger partial charge in [0.05, 0.1) is 26.4 Å². The van der Waals surface area contributed by atoms with Gasteiger partial charge in [0.25, 0.3) is 0 Å². The molecule has 0 rings (SSSR count). The fourth-order valence-electron chi connectivity index (χ4n) is 10.4. The summed E-state index contributed by atoms with van der Waals surface area (Å²) >= 11 is 0. The van der Waals surface area contributed by atoms with Gasteiger partial charge < -0.3 is 33.8 Å². The topological polar surface area (TPSA) is 237 Å². The van der Waals surface area contributed by atoms with Gasteiger partial charge in [0.15, 0.2) is 12.2 Å². The van der Waals surface area contributed by atoms with Crippen molar-refractivity contribution in [2.45, 2.75) is 368 Å². The van der Waals surface area contributed by atoms with Crippen LogP contribution in [0, 0.1) is 11.8 Å². The Labute approximate surface area is 537 Å². The molecule has 0 spiro atoms. The summed E-state index contributed by atoms with van der Waals surface area (Å²) in [5.74, 6) is -0.782. The first-order chi connectivity index (χ1) is 42.4. The summed E-state index contributed by atoms with van der Waals surface area (Å²) in [6, 6.07) is 0. The van der Waals surface area contributed by atoms with E-state index >= 15 is 0 Å². The fourth-order valence-corrected chi connectivity index (χ4v) is 12.0. The third-order valence-electron chi connectivity index (χ3n) is 16.0. The maximum Gasteiger partial charge on any atom is 0.472 e. The van der Waals surface area contributed by atoms with Gasteiger partial charge in [-0.2, -0.15) is 0 Å². The Morgan fingerprint density at radius 1 is 0.307 bits per heavy atom. The molecule has 0 aliphatic carbocycles. The predicted octanol–water partition coefficient (Wildman–Crippen LogP) is 19.6. The highest BCUT2D eigenvalue weighted by Crippen LogP contribution is 2.45. The van der Waals surface area contributed by atoms with Crippen LogP contribution < -0.4 is 0 Å². The summed E-state index contributed by atoms with van der Waals surface area (Å²) in [5, 5.41) is 10.6. The number of carbonyl (C=O) groups excluding carboxylic acids is 4. The number of esters is 4. The molecule has 0 radical (unpaired) electrons. The van der Waals surface area contributed by atoms with E-state index in [0.717, 1.165) is 96.3 Å². The van der Waals surface area contributed by atoms with E-state index in [1.54, 1.807) is 0 Å². The monoisotopic (exact) mass is 1300 g/mol. The molecule has 88 heavy (non-hydrogen) atoms. The number of aliphatic hydroxyl groups excluding tert-OH is 1. The van der Waals surface area contributed by atoms with Crippen molar-refractivity contribution in [1.29, 1.82) is 0 Å². The van der Waals surface area contributed by atoms with Crippen molar-refractivity contribution < 1.29 is 80.2 Å². The smallest absolute Gasteiger partial charge is 0.462 e. The Hall–Kier alpha value is -1.94. The molecule has 2 unspecified atom stereocenters. The quantitative estimate of drug-likeness (QED) is 0.0222. The van der Waals surface area contributed by atoms with E-state index in [1.165, 1.54) is 161 Å². The molecular formula is C69H134O17P2. The SMILES string of the molecule is CCCCCCCCCCCCCCCCCCC(=O)O[C@H](COC(=O)CCCCCCCCCCCCCCCC)COP(=O)(O)OC[C@@H](O)COP(=O)(O)OC[C@@H](COC(=O)CCCCCCCCC(C)C)OC(=O)CCCCCCCCC(C)C. The highest BCUT2D eigenvalue weighted by atomic mass is 31.2. The molecule has 0 saturated heterocycles. The molecule has 0 aromatic heterocycles. The zero-order chi connectivity index (χ0) is 65.0. The lowest BCUT2D eigenvalue weighted by Crippen LogP contribution is -2.30. The average molecular weight is 1300 g/mol. The third-order valence-corrected chi connectivity index (χ3v) is 17.9. The molecule has 0 aliphatic rings. The number of aliphatic hydroxyl groups is 1. The summed E-state index contributed by atoms with van der Waals surface area (Å²) in [4.78, 5) is 72.4. The van der Waals surface area contributed by atoms with Crippen LogP contribution in [0.15, 0.2) is 0 Å². The van der Waals surface area contributed by atoms with Gasteiger partial charge in [-0.3, -0.25) is 37.3 Å². The molecule has 0 saturated carbocycles. The van der Waals surface area contributed by atoms with Gasteiger partial charge in [0.2, 0.25) is 0 Å². The van der Waals surface area contributed by atoms with Crippen LogP contribution in [0.3, 0.4) is 0 Å². The predicted molar refractivity (Wildman–Crippen MR) is 354 cm³/mol. The van der Waals surface area contributed by atoms with Gasteiger partial charge in [-0.15, -0.1) is 0 Å². The lowest BCUT2D eigenvalue weighted by atomic mass is 10.0. The number of hydrogen-bond donors (Lipinski definition) is 3. The van der Waals surface area contributed by atoms with Crippen molar-refractivity contribution >= 4 is 39.5 Å². The molecule has 19 heteroatoms. The Morgan fingerprint density at radius 3 is 0.773 bits per heavy atom. The van der Waals surface area contributed by atoms with E-state index in [4.69, 9.17) is 37.0 Å². The Kier molecular flexibility index (Phi) is 59.9. The van der Waals surface area contributed by atoms with Gasteiger partial charge in [0, 0.05) is 25.7 Å². The summed E-state index contributed by atoms with van der Waals surface area (Å²) in [6.45, 7) is 9.37. The van der Waals surface area contributed by atoms with Gasteiger partial charge in [-0.05, 0) is 37.5 Å². The second-order valence-electron chi connectivity index (χ2n) is 25.9. The minimum Gasteiger partial charge on any atom is -0.462 e. The molecule has 0 aromatic rings. The number of carbonyl (C=O) groups is 4. The normalized spacial score (nSPS) is 14.2. The summed E-state index contributed by atoms with van der Waals surface area (Å²) in [7, 11) is -9.90. The van der Waals surface area contributed by atoms with Gasteiger partial charge in [-0.25, -0.2) is 9.13 Å². The maximum atomic E-state index is 13.0. The molecule has 0 heterocycles. The largest absolute Gasteiger partial charge is 0.472 e. The van der Waals surface area contributed by atoms with Crippen molar-refractivity contribution in [3.05, 3.63) is 0 Å². The standard InChI is InChI=1S/C69H134O17P2/c1-7-9-11-13-15-17-19-21-23-24-26-28-30-32-41-47-53-68(73)85-64(57-79-66(71)51-45-39-31-29-27-25-22-20-18-16-14-12-10-8-2)59-83-87(75,76)81-55-63(70)56-82-88(77,78)84-60-65(86-69(74)54-48-42-36-34-38-44-50-62(5)6)58-80-67(72)52-46-40-35-33-37-43-49-61(3)4/h61-65,70H,7-60H2,1-6H3,(H,75,76)(H,77,78)/t63-,64-,65-/m1/s1. The molecule has 17 nitrogen and oxygen atoms in total. The molecule has 5 atom stereocenters. The van der Waals surface area contributed by atoms with E-state index in [0.29, 0.717) is 37.5 Å². The zero-order valence-electron chi connectivity index (χ0n) is 57.0. The van der Waals surface area contributed by atoms with Gasteiger partial charge in [-0.1, -0.05) is 298 Å². The molecule has 3 N–H and O–H groups in total. The summed E-state index contributed by atoms with van der Waals surface area (Å²) in [6.07, 6.45) is 46.1. The minimum atomic E-state index is -4.95. The van der Waals surface area contributed by atoms with Crippen LogP contribution in [0.2, 0.25) is 0 Å². The van der Waals surface area contributed by atoms with Crippen LogP contribution in [-0.4, -0.2) is 96.7 Å². The summed E-state index contributed by atoms with van der Waals surface area (Å²) < 4.78 is 68.2. The van der Waals surface area contributed by atoms with E-state index in [2.05, 4.69) is 41.5 Å². The van der Waals surface area contributed by atoms with Crippen LogP contribution in [0.25, 0.3) is 0 Å². The maximum absolute atomic E-state index is 13.0. The minimum absolute atomic E-state index is 0.101. The average Bonchev–Trinajstić information content (AvgIpc) is 3.54. The van der Waals surface area contributed by atoms with Crippen molar-refractivity contribution in [3.8, 4) is 0 Å². The number of unbranched alkanes of at least 4 members (excludes halogenated alkanes) is 38. The molecule has 0 aromatic carbocycles. The highest BCUT2D eigenvalue weighted by Gasteiger charge is 2.30. The van der Waals surface area contributed by atoms with Gasteiger partial charge in [0.1, 0.15) is 19.3 Å². The van der Waals surface area contributed by atoms with Crippen LogP contribution in [0.1, 0.15) is 350 Å². The van der Waals surface area contributed by atoms with E-state index in [-0.39, 0.29) is 25.7 Å². The van der Waals surface area contributed by atoms with E-state index < -0.39 is 97.5 Å². The van der Waals surface area contributed by atoms with E-state index in [9.17, 15) is 43.2 Å². The first-order valence-corrected chi connectivity index (χ1v) is 39.0. The van der Waals surface area contributed by atoms with Crippen molar-refractivity contribution in [1.82, 2.24) is 0 Å². The second kappa shape index (κ2) is 61.3.